The van der Waals surface area contributed by atoms with Gasteiger partial charge in [0.25, 0.3) is 0 Å². The molecule has 0 atom stereocenters. The Hall–Kier alpha value is -8.61. The number of benzene rings is 8. The zero-order chi connectivity index (χ0) is 42.7. The number of hydrogen-bond donors (Lipinski definition) is 0. The Morgan fingerprint density at radius 2 is 1.02 bits per heavy atom. The average molecular weight is 822 g/mol. The van der Waals surface area contributed by atoms with E-state index < -0.39 is 0 Å². The second-order valence-corrected chi connectivity index (χ2v) is 16.0. The van der Waals surface area contributed by atoms with Gasteiger partial charge in [0.15, 0.2) is 17.5 Å². The van der Waals surface area contributed by atoms with Crippen LogP contribution in [0.3, 0.4) is 0 Å². The van der Waals surface area contributed by atoms with E-state index >= 15 is 0 Å². The first-order valence-corrected chi connectivity index (χ1v) is 21.5. The van der Waals surface area contributed by atoms with E-state index in [9.17, 15) is 0 Å². The van der Waals surface area contributed by atoms with Gasteiger partial charge in [-0.25, -0.2) is 15.0 Å². The van der Waals surface area contributed by atoms with Gasteiger partial charge >= 0.3 is 0 Å². The predicted octanol–water partition coefficient (Wildman–Crippen LogP) is 15.2. The van der Waals surface area contributed by atoms with Crippen LogP contribution in [0.4, 0.5) is 0 Å². The molecule has 0 unspecified atom stereocenters. The van der Waals surface area contributed by atoms with Gasteiger partial charge in [0.2, 0.25) is 0 Å². The molecule has 0 radical (unpaired) electrons. The van der Waals surface area contributed by atoms with Crippen molar-refractivity contribution in [2.45, 2.75) is 6.92 Å². The molecule has 0 aliphatic rings. The summed E-state index contributed by atoms with van der Waals surface area (Å²) in [6.07, 6.45) is 6.22. The lowest BCUT2D eigenvalue weighted by Gasteiger charge is -2.11. The number of rotatable bonds is 8. The van der Waals surface area contributed by atoms with Gasteiger partial charge in [-0.15, -0.1) is 0 Å². The van der Waals surface area contributed by atoms with Crippen molar-refractivity contribution < 1.29 is 4.42 Å². The molecule has 64 heavy (non-hydrogen) atoms. The minimum absolute atomic E-state index is 0.610. The van der Waals surface area contributed by atoms with E-state index in [-0.39, 0.29) is 0 Å². The standard InChI is InChI=1S/C58H39N5O/c1-3-17-44-46-30-28-40(37-18-8-5-9-19-37)33-52(46)62(50(44)4-2)43-29-31-47-49-35-53-48(36-55(49)64-54(47)34-43)45-26-14-15-27-51(45)63(53)42-25-16-24-41(32-42)58-60-56(38-20-10-6-11-21-38)59-57(61-58)39-22-12-7-13-23-39/h3-36H,2H2,1H3/b17-3-. The first kappa shape index (κ1) is 37.2. The molecule has 0 fully saturated rings. The Morgan fingerprint density at radius 1 is 0.422 bits per heavy atom. The van der Waals surface area contributed by atoms with E-state index in [1.54, 1.807) is 0 Å². The number of allylic oxidation sites excluding steroid dienone is 1. The van der Waals surface area contributed by atoms with Crippen LogP contribution in [0.15, 0.2) is 205 Å². The van der Waals surface area contributed by atoms with E-state index in [1.165, 1.54) is 10.9 Å². The van der Waals surface area contributed by atoms with Crippen molar-refractivity contribution in [1.82, 2.24) is 24.1 Å². The van der Waals surface area contributed by atoms with Crippen LogP contribution in [0.25, 0.3) is 123 Å². The highest BCUT2D eigenvalue weighted by atomic mass is 16.3. The van der Waals surface area contributed by atoms with Crippen molar-refractivity contribution in [3.05, 3.63) is 212 Å². The summed E-state index contributed by atoms with van der Waals surface area (Å²) in [5.41, 5.74) is 14.2. The van der Waals surface area contributed by atoms with Gasteiger partial charge in [0, 0.05) is 66.6 Å². The van der Waals surface area contributed by atoms with Crippen molar-refractivity contribution in [2.75, 3.05) is 0 Å². The molecule has 0 spiro atoms. The maximum Gasteiger partial charge on any atom is 0.164 e. The Morgan fingerprint density at radius 3 is 1.72 bits per heavy atom. The van der Waals surface area contributed by atoms with Crippen LogP contribution in [0.5, 0.6) is 0 Å². The predicted molar refractivity (Wildman–Crippen MR) is 265 cm³/mol. The molecule has 0 N–H and O–H groups in total. The van der Waals surface area contributed by atoms with Crippen LogP contribution in [0, 0.1) is 0 Å². The summed E-state index contributed by atoms with van der Waals surface area (Å²) in [7, 11) is 0. The number of nitrogens with zero attached hydrogens (tertiary/aromatic N) is 5. The fourth-order valence-corrected chi connectivity index (χ4v) is 9.33. The Labute approximate surface area is 369 Å². The smallest absolute Gasteiger partial charge is 0.164 e. The summed E-state index contributed by atoms with van der Waals surface area (Å²) in [5.74, 6) is 1.87. The lowest BCUT2D eigenvalue weighted by atomic mass is 10.0. The fourth-order valence-electron chi connectivity index (χ4n) is 9.33. The summed E-state index contributed by atoms with van der Waals surface area (Å²) < 4.78 is 11.5. The molecule has 12 aromatic rings. The number of para-hydroxylation sites is 1. The lowest BCUT2D eigenvalue weighted by Crippen LogP contribution is -2.01. The monoisotopic (exact) mass is 821 g/mol. The Kier molecular flexibility index (Phi) is 8.76. The molecule has 0 amide bonds. The maximum absolute atomic E-state index is 6.81. The highest BCUT2D eigenvalue weighted by molar-refractivity contribution is 6.17. The third kappa shape index (κ3) is 6.07. The maximum atomic E-state index is 6.81. The highest BCUT2D eigenvalue weighted by Crippen LogP contribution is 2.41. The van der Waals surface area contributed by atoms with Crippen LogP contribution >= 0.6 is 0 Å². The summed E-state index contributed by atoms with van der Waals surface area (Å²) in [6, 6.07) is 65.5. The number of aromatic nitrogens is 5. The highest BCUT2D eigenvalue weighted by Gasteiger charge is 2.21. The second kappa shape index (κ2) is 15.1. The van der Waals surface area contributed by atoms with Gasteiger partial charge in [-0.3, -0.25) is 0 Å². The van der Waals surface area contributed by atoms with Crippen molar-refractivity contribution >= 4 is 66.8 Å². The molecule has 0 bridgehead atoms. The quantitative estimate of drug-likeness (QED) is 0.153. The molecule has 0 aliphatic carbocycles. The summed E-state index contributed by atoms with van der Waals surface area (Å²) >= 11 is 0. The molecule has 6 heteroatoms. The summed E-state index contributed by atoms with van der Waals surface area (Å²) in [5, 5.41) is 5.52. The SMILES string of the molecule is C=Cc1c(/C=C\C)c2ccc(-c3ccccc3)cc2n1-c1ccc2c(c1)oc1cc3c4ccccc4n(-c4cccc(-c5nc(-c6ccccc6)nc(-c6ccccc6)n5)c4)c3cc12. The van der Waals surface area contributed by atoms with Gasteiger partial charge in [0.1, 0.15) is 11.2 Å². The van der Waals surface area contributed by atoms with Crippen LogP contribution in [0.2, 0.25) is 0 Å². The molecular weight excluding hydrogens is 783 g/mol. The average Bonchev–Trinajstić information content (AvgIpc) is 4.00. The van der Waals surface area contributed by atoms with Crippen molar-refractivity contribution in [3.8, 4) is 56.7 Å². The van der Waals surface area contributed by atoms with Gasteiger partial charge in [-0.2, -0.15) is 0 Å². The third-order valence-corrected chi connectivity index (χ3v) is 12.2. The Balaban J connectivity index is 1.02. The largest absolute Gasteiger partial charge is 0.456 e. The summed E-state index contributed by atoms with van der Waals surface area (Å²) in [6.45, 7) is 6.34. The molecule has 8 aromatic carbocycles. The number of fused-ring (bicyclic) bond motifs is 7. The molecule has 4 aromatic heterocycles. The zero-order valence-corrected chi connectivity index (χ0v) is 35.0. The molecule has 302 valence electrons. The van der Waals surface area contributed by atoms with Crippen LogP contribution < -0.4 is 0 Å². The molecule has 4 heterocycles. The van der Waals surface area contributed by atoms with Crippen molar-refractivity contribution in [3.63, 3.8) is 0 Å². The number of furan rings is 1. The number of hydrogen-bond acceptors (Lipinski definition) is 4. The summed E-state index contributed by atoms with van der Waals surface area (Å²) in [4.78, 5) is 15.0. The zero-order valence-electron chi connectivity index (χ0n) is 35.0. The Bertz CT molecular complexity index is 3740. The first-order valence-electron chi connectivity index (χ1n) is 21.5. The molecule has 0 saturated carbocycles. The second-order valence-electron chi connectivity index (χ2n) is 16.0. The molecular formula is C58H39N5O. The van der Waals surface area contributed by atoms with E-state index in [2.05, 4.69) is 162 Å². The van der Waals surface area contributed by atoms with Gasteiger partial charge in [-0.1, -0.05) is 152 Å². The molecule has 0 aliphatic heterocycles. The van der Waals surface area contributed by atoms with Gasteiger partial charge in [0.05, 0.1) is 22.2 Å². The minimum atomic E-state index is 0.610. The van der Waals surface area contributed by atoms with Gasteiger partial charge < -0.3 is 13.6 Å². The normalized spacial score (nSPS) is 11.8. The molecule has 12 rings (SSSR count). The lowest BCUT2D eigenvalue weighted by molar-refractivity contribution is 0.669. The fraction of sp³-hybridized carbons (Fsp3) is 0.0172. The third-order valence-electron chi connectivity index (χ3n) is 12.2. The van der Waals surface area contributed by atoms with Crippen LogP contribution in [-0.2, 0) is 0 Å². The van der Waals surface area contributed by atoms with Crippen LogP contribution in [-0.4, -0.2) is 24.1 Å². The van der Waals surface area contributed by atoms with Crippen molar-refractivity contribution in [1.29, 1.82) is 0 Å². The first-order chi connectivity index (χ1) is 31.6. The van der Waals surface area contributed by atoms with E-state index in [4.69, 9.17) is 19.4 Å². The van der Waals surface area contributed by atoms with Crippen molar-refractivity contribution in [2.24, 2.45) is 0 Å². The van der Waals surface area contributed by atoms with E-state index in [1.807, 2.05) is 66.7 Å². The molecule has 6 nitrogen and oxygen atoms in total. The minimum Gasteiger partial charge on any atom is -0.456 e. The topological polar surface area (TPSA) is 61.7 Å². The van der Waals surface area contributed by atoms with E-state index in [0.29, 0.717) is 17.5 Å². The van der Waals surface area contributed by atoms with E-state index in [0.717, 1.165) is 94.1 Å². The van der Waals surface area contributed by atoms with Crippen LogP contribution in [0.1, 0.15) is 18.2 Å². The molecule has 0 saturated heterocycles. The van der Waals surface area contributed by atoms with Gasteiger partial charge in [-0.05, 0) is 72.7 Å².